The van der Waals surface area contributed by atoms with Crippen molar-refractivity contribution in [2.45, 2.75) is 19.9 Å². The second kappa shape index (κ2) is 8.63. The maximum Gasteiger partial charge on any atom is 0.301 e. The third-order valence-electron chi connectivity index (χ3n) is 6.02. The van der Waals surface area contributed by atoms with Crippen molar-refractivity contribution in [2.75, 3.05) is 12.0 Å². The fourth-order valence-corrected chi connectivity index (χ4v) is 5.53. The molecule has 0 unspecified atom stereocenters. The molecule has 0 bridgehead atoms. The largest absolute Gasteiger partial charge is 0.507 e. The Morgan fingerprint density at radius 1 is 1.06 bits per heavy atom. The molecule has 1 aliphatic rings. The van der Waals surface area contributed by atoms with Gasteiger partial charge in [0.1, 0.15) is 17.3 Å². The molecular weight excluding hydrogens is 467 g/mol. The first-order valence-corrected chi connectivity index (χ1v) is 11.7. The Bertz CT molecular complexity index is 1510. The number of aliphatic hydroxyl groups is 1. The molecule has 8 heteroatoms. The van der Waals surface area contributed by atoms with Gasteiger partial charge in [-0.05, 0) is 73.0 Å². The molecule has 1 saturated heterocycles. The van der Waals surface area contributed by atoms with Crippen LogP contribution < -0.4 is 9.64 Å². The summed E-state index contributed by atoms with van der Waals surface area (Å²) in [6.45, 7) is 3.92. The normalized spacial score (nSPS) is 17.4. The maximum atomic E-state index is 13.7. The standard InChI is InChI=1S/C27H21FN2O4S/c1-14-12-15(2)22-20(13-14)35-27(29-22)30-23(16-4-8-18(28)9-5-16)21(25(32)26(30)33)24(31)17-6-10-19(34-3)11-7-17/h4-13,23,31H,1-3H3/t23-/m1/s1. The molecule has 1 N–H and O–H groups in total. The highest BCUT2D eigenvalue weighted by molar-refractivity contribution is 7.22. The Kier molecular flexibility index (Phi) is 5.61. The summed E-state index contributed by atoms with van der Waals surface area (Å²) in [7, 11) is 1.52. The Hall–Kier alpha value is -4.04. The number of hydrogen-bond donors (Lipinski definition) is 1. The number of aromatic nitrogens is 1. The van der Waals surface area contributed by atoms with Gasteiger partial charge in [0.25, 0.3) is 5.78 Å². The van der Waals surface area contributed by atoms with Crippen molar-refractivity contribution in [3.05, 3.63) is 94.3 Å². The fraction of sp³-hybridized carbons (Fsp3) is 0.148. The van der Waals surface area contributed by atoms with Crippen LogP contribution in [0.4, 0.5) is 9.52 Å². The Balaban J connectivity index is 1.72. The average Bonchev–Trinajstić information content (AvgIpc) is 3.38. The zero-order chi connectivity index (χ0) is 24.9. The SMILES string of the molecule is COc1ccc(C(O)=C2C(=O)C(=O)N(c3nc4c(C)cc(C)cc4s3)[C@@H]2c2ccc(F)cc2)cc1. The van der Waals surface area contributed by atoms with Gasteiger partial charge in [-0.2, -0.15) is 0 Å². The van der Waals surface area contributed by atoms with E-state index in [1.54, 1.807) is 24.3 Å². The predicted octanol–water partition coefficient (Wildman–Crippen LogP) is 5.69. The van der Waals surface area contributed by atoms with Crippen molar-refractivity contribution in [1.82, 2.24) is 4.98 Å². The molecule has 4 aromatic rings. The number of amides is 1. The van der Waals surface area contributed by atoms with Gasteiger partial charge in [0.2, 0.25) is 0 Å². The van der Waals surface area contributed by atoms with Gasteiger partial charge < -0.3 is 9.84 Å². The first-order chi connectivity index (χ1) is 16.8. The number of Topliss-reactive ketones (excluding diaryl/α,β-unsaturated/α-hetero) is 1. The summed E-state index contributed by atoms with van der Waals surface area (Å²) in [5.41, 5.74) is 3.50. The molecule has 5 rings (SSSR count). The molecule has 0 saturated carbocycles. The molecule has 1 aliphatic heterocycles. The van der Waals surface area contributed by atoms with Crippen molar-refractivity contribution in [2.24, 2.45) is 0 Å². The number of ketones is 1. The lowest BCUT2D eigenvalue weighted by Gasteiger charge is -2.23. The van der Waals surface area contributed by atoms with E-state index < -0.39 is 23.5 Å². The number of aryl methyl sites for hydroxylation is 2. The number of nitrogens with zero attached hydrogens (tertiary/aromatic N) is 2. The number of anilines is 1. The van der Waals surface area contributed by atoms with Crippen LogP contribution in [0.5, 0.6) is 5.75 Å². The lowest BCUT2D eigenvalue weighted by atomic mass is 9.95. The van der Waals surface area contributed by atoms with Crippen molar-refractivity contribution in [1.29, 1.82) is 0 Å². The molecule has 0 aliphatic carbocycles. The summed E-state index contributed by atoms with van der Waals surface area (Å²) >= 11 is 1.29. The van der Waals surface area contributed by atoms with E-state index in [4.69, 9.17) is 4.74 Å². The zero-order valence-corrected chi connectivity index (χ0v) is 20.0. The Morgan fingerprint density at radius 3 is 2.40 bits per heavy atom. The van der Waals surface area contributed by atoms with Crippen molar-refractivity contribution in [3.63, 3.8) is 0 Å². The van der Waals surface area contributed by atoms with Crippen LogP contribution >= 0.6 is 11.3 Å². The summed E-state index contributed by atoms with van der Waals surface area (Å²) in [5.74, 6) is -1.83. The molecule has 1 amide bonds. The number of carbonyl (C=O) groups is 2. The van der Waals surface area contributed by atoms with Crippen molar-refractivity contribution >= 4 is 44.1 Å². The number of hydrogen-bond acceptors (Lipinski definition) is 6. The lowest BCUT2D eigenvalue weighted by molar-refractivity contribution is -0.132. The van der Waals surface area contributed by atoms with Crippen LogP contribution in [0.15, 0.2) is 66.2 Å². The van der Waals surface area contributed by atoms with E-state index in [2.05, 4.69) is 4.98 Å². The third kappa shape index (κ3) is 3.85. The molecule has 1 aromatic heterocycles. The summed E-state index contributed by atoms with van der Waals surface area (Å²) in [6.07, 6.45) is 0. The number of fused-ring (bicyclic) bond motifs is 1. The molecule has 0 radical (unpaired) electrons. The second-order valence-corrected chi connectivity index (χ2v) is 9.38. The number of halogens is 1. The molecular formula is C27H21FN2O4S. The Morgan fingerprint density at radius 2 is 1.74 bits per heavy atom. The summed E-state index contributed by atoms with van der Waals surface area (Å²) in [6, 6.07) is 15.0. The summed E-state index contributed by atoms with van der Waals surface area (Å²) in [5, 5.41) is 11.5. The highest BCUT2D eigenvalue weighted by Crippen LogP contribution is 2.44. The minimum absolute atomic E-state index is 0.0843. The van der Waals surface area contributed by atoms with Crippen LogP contribution in [0.3, 0.4) is 0 Å². The van der Waals surface area contributed by atoms with Crippen molar-refractivity contribution in [3.8, 4) is 5.75 Å². The monoisotopic (exact) mass is 488 g/mol. The van der Waals surface area contributed by atoms with Crippen LogP contribution in [0.25, 0.3) is 16.0 Å². The minimum atomic E-state index is -0.973. The third-order valence-corrected chi connectivity index (χ3v) is 7.02. The van der Waals surface area contributed by atoms with E-state index in [0.717, 1.165) is 21.3 Å². The smallest absolute Gasteiger partial charge is 0.301 e. The fourth-order valence-electron chi connectivity index (χ4n) is 4.36. The first-order valence-electron chi connectivity index (χ1n) is 10.9. The molecule has 1 atom stereocenters. The van der Waals surface area contributed by atoms with Gasteiger partial charge in [-0.15, -0.1) is 0 Å². The Labute approximate surface area is 204 Å². The van der Waals surface area contributed by atoms with E-state index in [-0.39, 0.29) is 11.3 Å². The van der Waals surface area contributed by atoms with Crippen LogP contribution in [-0.2, 0) is 9.59 Å². The van der Waals surface area contributed by atoms with Crippen LogP contribution in [-0.4, -0.2) is 28.9 Å². The number of rotatable bonds is 4. The van der Waals surface area contributed by atoms with E-state index >= 15 is 0 Å². The molecule has 0 spiro atoms. The lowest BCUT2D eigenvalue weighted by Crippen LogP contribution is -2.29. The quantitative estimate of drug-likeness (QED) is 0.227. The molecule has 35 heavy (non-hydrogen) atoms. The molecule has 6 nitrogen and oxygen atoms in total. The van der Waals surface area contributed by atoms with Gasteiger partial charge in [0.15, 0.2) is 5.13 Å². The van der Waals surface area contributed by atoms with Gasteiger partial charge >= 0.3 is 5.91 Å². The van der Waals surface area contributed by atoms with Crippen molar-refractivity contribution < 1.29 is 23.8 Å². The number of thiazole rings is 1. The van der Waals surface area contributed by atoms with Crippen LogP contribution in [0, 0.1) is 19.7 Å². The second-order valence-electron chi connectivity index (χ2n) is 8.37. The van der Waals surface area contributed by atoms with Gasteiger partial charge in [-0.25, -0.2) is 9.37 Å². The first kappa shape index (κ1) is 22.7. The molecule has 176 valence electrons. The van der Waals surface area contributed by atoms with Gasteiger partial charge in [0.05, 0.1) is 28.9 Å². The number of methoxy groups -OCH3 is 1. The topological polar surface area (TPSA) is 79.7 Å². The summed E-state index contributed by atoms with van der Waals surface area (Å²) < 4.78 is 19.8. The van der Waals surface area contributed by atoms with E-state index in [0.29, 0.717) is 22.0 Å². The number of aliphatic hydroxyl groups excluding tert-OH is 1. The molecule has 1 fully saturated rings. The molecule has 2 heterocycles. The maximum absolute atomic E-state index is 13.7. The van der Waals surface area contributed by atoms with E-state index in [9.17, 15) is 19.1 Å². The van der Waals surface area contributed by atoms with Crippen LogP contribution in [0.1, 0.15) is 28.3 Å². The number of ether oxygens (including phenoxy) is 1. The predicted molar refractivity (Wildman–Crippen MR) is 133 cm³/mol. The van der Waals surface area contributed by atoms with Gasteiger partial charge in [-0.1, -0.05) is 29.5 Å². The highest BCUT2D eigenvalue weighted by Gasteiger charge is 2.48. The van der Waals surface area contributed by atoms with E-state index in [1.165, 1.54) is 47.6 Å². The summed E-state index contributed by atoms with van der Waals surface area (Å²) in [4.78, 5) is 32.6. The average molecular weight is 489 g/mol. The zero-order valence-electron chi connectivity index (χ0n) is 19.2. The van der Waals surface area contributed by atoms with Crippen LogP contribution in [0.2, 0.25) is 0 Å². The number of benzene rings is 3. The van der Waals surface area contributed by atoms with Gasteiger partial charge in [-0.3, -0.25) is 14.5 Å². The van der Waals surface area contributed by atoms with Gasteiger partial charge in [0, 0.05) is 5.56 Å². The molecule has 3 aromatic carbocycles. The van der Waals surface area contributed by atoms with E-state index in [1.807, 2.05) is 26.0 Å². The number of carbonyl (C=O) groups excluding carboxylic acids is 2. The highest BCUT2D eigenvalue weighted by atomic mass is 32.1. The minimum Gasteiger partial charge on any atom is -0.507 e.